The zero-order chi connectivity index (χ0) is 13.1. The molecule has 1 heterocycles. The van der Waals surface area contributed by atoms with Crippen LogP contribution in [-0.4, -0.2) is 38.8 Å². The van der Waals surface area contributed by atoms with E-state index in [1.807, 2.05) is 13.8 Å². The zero-order valence-electron chi connectivity index (χ0n) is 10.8. The maximum atomic E-state index is 11.8. The van der Waals surface area contributed by atoms with Gasteiger partial charge >= 0.3 is 0 Å². The molecular weight excluding hydrogens is 232 g/mol. The quantitative estimate of drug-likeness (QED) is 0.740. The Hall–Kier alpha value is -1.43. The third-order valence-electron chi connectivity index (χ3n) is 3.32. The first-order valence-corrected chi connectivity index (χ1v) is 6.44. The first kappa shape index (κ1) is 13.0. The van der Waals surface area contributed by atoms with Crippen molar-refractivity contribution in [1.29, 1.82) is 0 Å². The van der Waals surface area contributed by atoms with Crippen molar-refractivity contribution in [3.63, 3.8) is 0 Å². The highest BCUT2D eigenvalue weighted by molar-refractivity contribution is 5.90. The van der Waals surface area contributed by atoms with Crippen LogP contribution in [-0.2, 0) is 0 Å². The number of H-pyrrole nitrogens is 1. The number of rotatable bonds is 4. The molecule has 1 aromatic rings. The van der Waals surface area contributed by atoms with Crippen molar-refractivity contribution in [3.05, 3.63) is 11.6 Å². The van der Waals surface area contributed by atoms with Crippen LogP contribution in [0.3, 0.4) is 0 Å². The number of amides is 1. The summed E-state index contributed by atoms with van der Waals surface area (Å²) < 4.78 is 0. The van der Waals surface area contributed by atoms with Crippen molar-refractivity contribution < 1.29 is 9.90 Å². The van der Waals surface area contributed by atoms with Gasteiger partial charge in [0.15, 0.2) is 0 Å². The van der Waals surface area contributed by atoms with E-state index in [0.717, 1.165) is 25.1 Å². The van der Waals surface area contributed by atoms with Gasteiger partial charge in [-0.15, -0.1) is 5.10 Å². The van der Waals surface area contributed by atoms with Crippen LogP contribution in [0, 0.1) is 5.92 Å². The van der Waals surface area contributed by atoms with Crippen LogP contribution in [0.1, 0.15) is 55.5 Å². The van der Waals surface area contributed by atoms with Gasteiger partial charge in [-0.05, 0) is 25.2 Å². The van der Waals surface area contributed by atoms with Crippen LogP contribution in [0.2, 0.25) is 0 Å². The number of nitrogens with zero attached hydrogens (tertiary/aromatic N) is 2. The second-order valence-electron chi connectivity index (χ2n) is 5.24. The van der Waals surface area contributed by atoms with Gasteiger partial charge in [-0.3, -0.25) is 9.89 Å². The van der Waals surface area contributed by atoms with Gasteiger partial charge in [-0.1, -0.05) is 13.8 Å². The molecule has 2 rings (SSSR count). The van der Waals surface area contributed by atoms with Gasteiger partial charge in [0.05, 0.1) is 6.10 Å². The molecule has 6 nitrogen and oxygen atoms in total. The fraction of sp³-hybridized carbons (Fsp3) is 0.750. The summed E-state index contributed by atoms with van der Waals surface area (Å²) in [5.41, 5.74) is 0. The second-order valence-corrected chi connectivity index (χ2v) is 5.24. The SMILES string of the molecule is CC(C)c1nc(C(=O)NCC2CCC(O)C2)n[nH]1. The molecule has 100 valence electrons. The van der Waals surface area contributed by atoms with E-state index < -0.39 is 0 Å². The normalized spacial score (nSPS) is 23.6. The van der Waals surface area contributed by atoms with Gasteiger partial charge in [-0.2, -0.15) is 0 Å². The molecule has 1 aliphatic rings. The lowest BCUT2D eigenvalue weighted by atomic mass is 10.1. The number of carbonyl (C=O) groups excluding carboxylic acids is 1. The first-order chi connectivity index (χ1) is 8.56. The molecule has 3 N–H and O–H groups in total. The molecule has 1 saturated carbocycles. The Morgan fingerprint density at radius 2 is 2.33 bits per heavy atom. The number of aromatic amines is 1. The molecular formula is C12H20N4O2. The van der Waals surface area contributed by atoms with Gasteiger partial charge in [0.2, 0.25) is 5.82 Å². The molecule has 1 fully saturated rings. The molecule has 0 aliphatic heterocycles. The van der Waals surface area contributed by atoms with E-state index in [-0.39, 0.29) is 23.8 Å². The summed E-state index contributed by atoms with van der Waals surface area (Å²) in [5, 5.41) is 18.9. The zero-order valence-corrected chi connectivity index (χ0v) is 10.8. The Balaban J connectivity index is 1.83. The van der Waals surface area contributed by atoms with Gasteiger partial charge in [-0.25, -0.2) is 4.98 Å². The average molecular weight is 252 g/mol. The maximum Gasteiger partial charge on any atom is 0.290 e. The number of aliphatic hydroxyl groups excluding tert-OH is 1. The minimum absolute atomic E-state index is 0.192. The lowest BCUT2D eigenvalue weighted by molar-refractivity contribution is 0.0935. The highest BCUT2D eigenvalue weighted by atomic mass is 16.3. The topological polar surface area (TPSA) is 90.9 Å². The van der Waals surface area contributed by atoms with E-state index in [9.17, 15) is 9.90 Å². The summed E-state index contributed by atoms with van der Waals surface area (Å²) in [5.74, 6) is 1.25. The molecule has 2 unspecified atom stereocenters. The molecule has 1 aliphatic carbocycles. The summed E-state index contributed by atoms with van der Waals surface area (Å²) in [6.45, 7) is 4.56. The average Bonchev–Trinajstić information content (AvgIpc) is 2.94. The predicted octanol–water partition coefficient (Wildman–Crippen LogP) is 0.819. The van der Waals surface area contributed by atoms with E-state index in [2.05, 4.69) is 20.5 Å². The van der Waals surface area contributed by atoms with Crippen molar-refractivity contribution in [2.75, 3.05) is 6.54 Å². The summed E-state index contributed by atoms with van der Waals surface area (Å²) in [6.07, 6.45) is 2.36. The molecule has 18 heavy (non-hydrogen) atoms. The lowest BCUT2D eigenvalue weighted by Gasteiger charge is -2.09. The molecule has 0 radical (unpaired) electrons. The minimum Gasteiger partial charge on any atom is -0.393 e. The fourth-order valence-corrected chi connectivity index (χ4v) is 2.18. The number of aromatic nitrogens is 3. The van der Waals surface area contributed by atoms with E-state index in [0.29, 0.717) is 12.5 Å². The van der Waals surface area contributed by atoms with Gasteiger partial charge in [0.1, 0.15) is 5.82 Å². The highest BCUT2D eigenvalue weighted by Gasteiger charge is 2.23. The lowest BCUT2D eigenvalue weighted by Crippen LogP contribution is -2.29. The predicted molar refractivity (Wildman–Crippen MR) is 66.2 cm³/mol. The summed E-state index contributed by atoms with van der Waals surface area (Å²) in [4.78, 5) is 15.9. The van der Waals surface area contributed by atoms with Crippen LogP contribution < -0.4 is 5.32 Å². The van der Waals surface area contributed by atoms with Crippen molar-refractivity contribution in [1.82, 2.24) is 20.5 Å². The Labute approximate surface area is 106 Å². The fourth-order valence-electron chi connectivity index (χ4n) is 2.18. The molecule has 1 amide bonds. The number of nitrogens with one attached hydrogen (secondary N) is 2. The Bertz CT molecular complexity index is 416. The molecule has 0 spiro atoms. The smallest absolute Gasteiger partial charge is 0.290 e. The van der Waals surface area contributed by atoms with Crippen LogP contribution in [0.5, 0.6) is 0 Å². The monoisotopic (exact) mass is 252 g/mol. The molecule has 0 saturated heterocycles. The van der Waals surface area contributed by atoms with E-state index in [1.165, 1.54) is 0 Å². The maximum absolute atomic E-state index is 11.8. The Morgan fingerprint density at radius 3 is 2.89 bits per heavy atom. The second kappa shape index (κ2) is 5.48. The van der Waals surface area contributed by atoms with Crippen molar-refractivity contribution in [2.45, 2.75) is 45.1 Å². The summed E-state index contributed by atoms with van der Waals surface area (Å²) in [7, 11) is 0. The summed E-state index contributed by atoms with van der Waals surface area (Å²) >= 11 is 0. The standard InChI is InChI=1S/C12H20N4O2/c1-7(2)10-14-11(16-15-10)12(18)13-6-8-3-4-9(17)5-8/h7-9,17H,3-6H2,1-2H3,(H,13,18)(H,14,15,16). The molecule has 6 heteroatoms. The van der Waals surface area contributed by atoms with Crippen molar-refractivity contribution in [2.24, 2.45) is 5.92 Å². The van der Waals surface area contributed by atoms with Crippen LogP contribution in [0.25, 0.3) is 0 Å². The van der Waals surface area contributed by atoms with Crippen LogP contribution in [0.4, 0.5) is 0 Å². The number of carbonyl (C=O) groups is 1. The molecule has 0 aromatic carbocycles. The van der Waals surface area contributed by atoms with Crippen molar-refractivity contribution >= 4 is 5.91 Å². The number of hydrogen-bond acceptors (Lipinski definition) is 4. The molecule has 2 atom stereocenters. The third-order valence-corrected chi connectivity index (χ3v) is 3.32. The molecule has 0 bridgehead atoms. The van der Waals surface area contributed by atoms with Crippen LogP contribution >= 0.6 is 0 Å². The summed E-state index contributed by atoms with van der Waals surface area (Å²) in [6, 6.07) is 0. The van der Waals surface area contributed by atoms with Gasteiger partial charge in [0.25, 0.3) is 5.91 Å². The van der Waals surface area contributed by atoms with Gasteiger partial charge < -0.3 is 10.4 Å². The van der Waals surface area contributed by atoms with E-state index in [1.54, 1.807) is 0 Å². The number of hydrogen-bond donors (Lipinski definition) is 3. The highest BCUT2D eigenvalue weighted by Crippen LogP contribution is 2.24. The Kier molecular flexibility index (Phi) is 3.96. The Morgan fingerprint density at radius 1 is 1.56 bits per heavy atom. The largest absolute Gasteiger partial charge is 0.393 e. The van der Waals surface area contributed by atoms with Crippen molar-refractivity contribution in [3.8, 4) is 0 Å². The van der Waals surface area contributed by atoms with E-state index in [4.69, 9.17) is 0 Å². The minimum atomic E-state index is -0.250. The number of aliphatic hydroxyl groups is 1. The van der Waals surface area contributed by atoms with Gasteiger partial charge in [0, 0.05) is 12.5 Å². The van der Waals surface area contributed by atoms with E-state index >= 15 is 0 Å². The first-order valence-electron chi connectivity index (χ1n) is 6.44. The third kappa shape index (κ3) is 3.07. The molecule has 1 aromatic heterocycles. The van der Waals surface area contributed by atoms with Crippen LogP contribution in [0.15, 0.2) is 0 Å².